The standard InChI is InChI=1S/C18H18OP.BrH/c1-15-13-20(14-16(2)19-15,17-9-5-3-6-10-17)18-11-7-4-8-12-18;/h3-14H,1-2H3;1H/q+1;/p-1. The third-order valence-electron chi connectivity index (χ3n) is 3.46. The lowest BCUT2D eigenvalue weighted by Crippen LogP contribution is -3.00. The number of halogens is 1. The van der Waals surface area contributed by atoms with Crippen LogP contribution in [0.5, 0.6) is 0 Å². The highest BCUT2D eigenvalue weighted by Gasteiger charge is 2.42. The molecule has 3 heteroatoms. The van der Waals surface area contributed by atoms with Crippen LogP contribution in [-0.2, 0) is 4.74 Å². The second-order valence-corrected chi connectivity index (χ2v) is 8.13. The van der Waals surface area contributed by atoms with E-state index in [4.69, 9.17) is 4.74 Å². The highest BCUT2D eigenvalue weighted by molar-refractivity contribution is 7.94. The molecule has 0 bridgehead atoms. The summed E-state index contributed by atoms with van der Waals surface area (Å²) in [6, 6.07) is 21.5. The van der Waals surface area contributed by atoms with Crippen molar-refractivity contribution in [3.8, 4) is 0 Å². The van der Waals surface area contributed by atoms with Crippen LogP contribution < -0.4 is 27.6 Å². The van der Waals surface area contributed by atoms with Crippen LogP contribution in [0.2, 0.25) is 0 Å². The maximum Gasteiger partial charge on any atom is 0.136 e. The average molecular weight is 361 g/mol. The molecule has 1 heterocycles. The van der Waals surface area contributed by atoms with Gasteiger partial charge >= 0.3 is 0 Å². The summed E-state index contributed by atoms with van der Waals surface area (Å²) < 4.78 is 5.73. The molecule has 2 aromatic carbocycles. The topological polar surface area (TPSA) is 9.23 Å². The fourth-order valence-corrected chi connectivity index (χ4v) is 6.27. The Kier molecular flexibility index (Phi) is 5.03. The van der Waals surface area contributed by atoms with E-state index in [-0.39, 0.29) is 17.0 Å². The Bertz CT molecular complexity index is 603. The van der Waals surface area contributed by atoms with Crippen LogP contribution in [0.4, 0.5) is 0 Å². The Hall–Kier alpha value is -1.37. The van der Waals surface area contributed by atoms with Gasteiger partial charge in [0, 0.05) is 0 Å². The quantitative estimate of drug-likeness (QED) is 0.736. The first-order valence-electron chi connectivity index (χ1n) is 6.77. The fraction of sp³-hybridized carbons (Fsp3) is 0.111. The van der Waals surface area contributed by atoms with Crippen LogP contribution in [0.15, 0.2) is 83.8 Å². The average Bonchev–Trinajstić information content (AvgIpc) is 2.48. The molecule has 0 saturated heterocycles. The maximum atomic E-state index is 5.73. The van der Waals surface area contributed by atoms with Crippen LogP contribution >= 0.6 is 7.26 Å². The predicted molar refractivity (Wildman–Crippen MR) is 87.7 cm³/mol. The monoisotopic (exact) mass is 360 g/mol. The Morgan fingerprint density at radius 2 is 1.05 bits per heavy atom. The summed E-state index contributed by atoms with van der Waals surface area (Å²) in [7, 11) is -1.66. The minimum atomic E-state index is -1.66. The molecule has 0 radical (unpaired) electrons. The zero-order chi connectivity index (χ0) is 14.0. The molecule has 0 aromatic heterocycles. The first-order valence-corrected chi connectivity index (χ1v) is 8.70. The zero-order valence-electron chi connectivity index (χ0n) is 12.2. The zero-order valence-corrected chi connectivity index (χ0v) is 14.6. The van der Waals surface area contributed by atoms with Crippen LogP contribution in [0, 0.1) is 0 Å². The fourth-order valence-electron chi connectivity index (χ4n) is 2.71. The van der Waals surface area contributed by atoms with Gasteiger partial charge in [-0.2, -0.15) is 0 Å². The lowest BCUT2D eigenvalue weighted by Gasteiger charge is -2.24. The first-order chi connectivity index (χ1) is 9.71. The summed E-state index contributed by atoms with van der Waals surface area (Å²) in [4.78, 5) is 0. The van der Waals surface area contributed by atoms with Crippen molar-refractivity contribution >= 4 is 17.9 Å². The van der Waals surface area contributed by atoms with Crippen molar-refractivity contribution in [3.05, 3.63) is 83.8 Å². The van der Waals surface area contributed by atoms with Crippen LogP contribution in [0.25, 0.3) is 0 Å². The third-order valence-corrected chi connectivity index (χ3v) is 7.31. The maximum absolute atomic E-state index is 5.73. The van der Waals surface area contributed by atoms with Crippen LogP contribution in [-0.4, -0.2) is 0 Å². The third kappa shape index (κ3) is 3.12. The highest BCUT2D eigenvalue weighted by atomic mass is 79.9. The Labute approximate surface area is 137 Å². The summed E-state index contributed by atoms with van der Waals surface area (Å²) >= 11 is 0. The highest BCUT2D eigenvalue weighted by Crippen LogP contribution is 2.62. The minimum Gasteiger partial charge on any atom is -1.00 e. The van der Waals surface area contributed by atoms with Crippen molar-refractivity contribution in [1.29, 1.82) is 0 Å². The number of allylic oxidation sites excluding steroid dienone is 2. The van der Waals surface area contributed by atoms with Gasteiger partial charge in [0.25, 0.3) is 0 Å². The van der Waals surface area contributed by atoms with Crippen molar-refractivity contribution in [1.82, 2.24) is 0 Å². The number of hydrogen-bond donors (Lipinski definition) is 0. The molecule has 0 atom stereocenters. The molecular weight excluding hydrogens is 343 g/mol. The molecule has 108 valence electrons. The van der Waals surface area contributed by atoms with E-state index in [0.29, 0.717) is 0 Å². The van der Waals surface area contributed by atoms with Crippen LogP contribution in [0.3, 0.4) is 0 Å². The normalized spacial score (nSPS) is 16.1. The SMILES string of the molecule is CC1=C[P+](c2ccccc2)(c2ccccc2)C=C(C)O1.[Br-]. The smallest absolute Gasteiger partial charge is 0.136 e. The van der Waals surface area contributed by atoms with Crippen molar-refractivity contribution < 1.29 is 21.7 Å². The summed E-state index contributed by atoms with van der Waals surface area (Å²) in [5.41, 5.74) is 0. The minimum absolute atomic E-state index is 0. The Morgan fingerprint density at radius 3 is 1.43 bits per heavy atom. The second kappa shape index (κ2) is 6.60. The number of rotatable bonds is 2. The molecule has 0 saturated carbocycles. The molecule has 1 aliphatic heterocycles. The van der Waals surface area contributed by atoms with Gasteiger partial charge < -0.3 is 21.7 Å². The molecule has 0 N–H and O–H groups in total. The number of hydrogen-bond acceptors (Lipinski definition) is 1. The summed E-state index contributed by atoms with van der Waals surface area (Å²) in [5, 5.41) is 2.74. The molecule has 1 nitrogen and oxygen atoms in total. The lowest BCUT2D eigenvalue weighted by molar-refractivity contribution is -0.00000511. The molecule has 0 fully saturated rings. The lowest BCUT2D eigenvalue weighted by atomic mass is 10.4. The molecule has 0 amide bonds. The van der Waals surface area contributed by atoms with E-state index >= 15 is 0 Å². The summed E-state index contributed by atoms with van der Waals surface area (Å²) in [6.45, 7) is 4.08. The van der Waals surface area contributed by atoms with Gasteiger partial charge in [-0.05, 0) is 38.1 Å². The first kappa shape index (κ1) is 16.0. The Balaban J connectivity index is 0.00000161. The van der Waals surface area contributed by atoms with Gasteiger partial charge in [-0.25, -0.2) is 0 Å². The summed E-state index contributed by atoms with van der Waals surface area (Å²) in [6.07, 6.45) is 0. The van der Waals surface area contributed by atoms with Gasteiger partial charge in [-0.1, -0.05) is 36.4 Å². The van der Waals surface area contributed by atoms with E-state index < -0.39 is 7.26 Å². The second-order valence-electron chi connectivity index (χ2n) is 5.03. The van der Waals surface area contributed by atoms with Crippen molar-refractivity contribution in [2.45, 2.75) is 13.8 Å². The van der Waals surface area contributed by atoms with Gasteiger partial charge in [-0.15, -0.1) is 0 Å². The number of ether oxygens (including phenoxy) is 1. The van der Waals surface area contributed by atoms with Gasteiger partial charge in [0.05, 0.1) is 0 Å². The molecular formula is C18H18BrOP. The van der Waals surface area contributed by atoms with E-state index in [9.17, 15) is 0 Å². The van der Waals surface area contributed by atoms with Gasteiger partial charge in [0.2, 0.25) is 0 Å². The van der Waals surface area contributed by atoms with E-state index in [0.717, 1.165) is 11.5 Å². The molecule has 3 rings (SSSR count). The largest absolute Gasteiger partial charge is 1.00 e. The summed E-state index contributed by atoms with van der Waals surface area (Å²) in [5.74, 6) is 6.60. The molecule has 1 aliphatic rings. The molecule has 0 unspecified atom stereocenters. The van der Waals surface area contributed by atoms with E-state index in [1.54, 1.807) is 0 Å². The molecule has 0 aliphatic carbocycles. The van der Waals surface area contributed by atoms with E-state index in [1.165, 1.54) is 10.6 Å². The molecule has 2 aromatic rings. The van der Waals surface area contributed by atoms with Crippen molar-refractivity contribution in [2.24, 2.45) is 0 Å². The van der Waals surface area contributed by atoms with E-state index in [1.807, 2.05) is 13.8 Å². The Morgan fingerprint density at radius 1 is 0.667 bits per heavy atom. The van der Waals surface area contributed by atoms with Gasteiger partial charge in [0.1, 0.15) is 41.0 Å². The molecule has 0 spiro atoms. The molecule has 21 heavy (non-hydrogen) atoms. The predicted octanol–water partition coefficient (Wildman–Crippen LogP) is 1.41. The van der Waals surface area contributed by atoms with E-state index in [2.05, 4.69) is 72.3 Å². The van der Waals surface area contributed by atoms with Gasteiger partial charge in [0.15, 0.2) is 0 Å². The van der Waals surface area contributed by atoms with Gasteiger partial charge in [-0.3, -0.25) is 0 Å². The van der Waals surface area contributed by atoms with Crippen LogP contribution in [0.1, 0.15) is 13.8 Å². The van der Waals surface area contributed by atoms with Crippen molar-refractivity contribution in [3.63, 3.8) is 0 Å². The number of benzene rings is 2. The van der Waals surface area contributed by atoms with Crippen molar-refractivity contribution in [2.75, 3.05) is 0 Å².